The van der Waals surface area contributed by atoms with Crippen molar-refractivity contribution in [1.29, 1.82) is 0 Å². The van der Waals surface area contributed by atoms with E-state index in [0.29, 0.717) is 5.69 Å². The van der Waals surface area contributed by atoms with Crippen LogP contribution in [0.3, 0.4) is 0 Å². The van der Waals surface area contributed by atoms with Crippen LogP contribution < -0.4 is 10.6 Å². The first kappa shape index (κ1) is 13.7. The number of benzene rings is 2. The van der Waals surface area contributed by atoms with Gasteiger partial charge < -0.3 is 10.6 Å². The van der Waals surface area contributed by atoms with E-state index in [4.69, 9.17) is 17.3 Å². The third kappa shape index (κ3) is 2.66. The molecule has 2 rings (SSSR count). The number of rotatable bonds is 3. The van der Waals surface area contributed by atoms with Gasteiger partial charge in [-0.15, -0.1) is 0 Å². The fourth-order valence-electron chi connectivity index (χ4n) is 2.12. The van der Waals surface area contributed by atoms with Crippen molar-refractivity contribution in [3.8, 4) is 0 Å². The van der Waals surface area contributed by atoms with Gasteiger partial charge in [-0.05, 0) is 31.5 Å². The first-order valence-electron chi connectivity index (χ1n) is 6.12. The van der Waals surface area contributed by atoms with Crippen LogP contribution in [-0.4, -0.2) is 6.54 Å². The maximum Gasteiger partial charge on any atom is 0.143 e. The number of nitrogens with two attached hydrogens (primary N) is 1. The molecule has 100 valence electrons. The zero-order valence-electron chi connectivity index (χ0n) is 11.0. The van der Waals surface area contributed by atoms with Crippen molar-refractivity contribution in [1.82, 2.24) is 0 Å². The van der Waals surface area contributed by atoms with Gasteiger partial charge in [0.15, 0.2) is 0 Å². The molecule has 0 saturated carbocycles. The molecule has 0 amide bonds. The average molecular weight is 279 g/mol. The Kier molecular flexibility index (Phi) is 3.96. The highest BCUT2D eigenvalue weighted by atomic mass is 35.5. The Labute approximate surface area is 117 Å². The highest BCUT2D eigenvalue weighted by Crippen LogP contribution is 2.35. The Morgan fingerprint density at radius 3 is 2.53 bits per heavy atom. The predicted molar refractivity (Wildman–Crippen MR) is 79.7 cm³/mol. The lowest BCUT2D eigenvalue weighted by atomic mass is 10.1. The summed E-state index contributed by atoms with van der Waals surface area (Å²) in [6, 6.07) is 10.8. The Bertz CT molecular complexity index is 599. The molecule has 0 bridgehead atoms. The molecule has 2 N–H and O–H groups in total. The maximum absolute atomic E-state index is 13.4. The molecule has 0 unspecified atom stereocenters. The molecule has 4 heteroatoms. The lowest BCUT2D eigenvalue weighted by Gasteiger charge is -2.26. The lowest BCUT2D eigenvalue weighted by molar-refractivity contribution is 0.629. The molecule has 0 aliphatic carbocycles. The molecule has 0 aliphatic rings. The second-order valence-electron chi connectivity index (χ2n) is 4.36. The second kappa shape index (κ2) is 5.49. The molecule has 0 saturated heterocycles. The summed E-state index contributed by atoms with van der Waals surface area (Å²) < 4.78 is 13.4. The summed E-state index contributed by atoms with van der Waals surface area (Å²) in [5.41, 5.74) is 9.19. The van der Waals surface area contributed by atoms with E-state index in [-0.39, 0.29) is 5.02 Å². The first-order chi connectivity index (χ1) is 9.04. The summed E-state index contributed by atoms with van der Waals surface area (Å²) in [6.45, 7) is 4.76. The van der Waals surface area contributed by atoms with Gasteiger partial charge in [-0.1, -0.05) is 29.8 Å². The van der Waals surface area contributed by atoms with Crippen molar-refractivity contribution in [2.75, 3.05) is 17.2 Å². The zero-order chi connectivity index (χ0) is 14.0. The number of aryl methyl sites for hydroxylation is 1. The van der Waals surface area contributed by atoms with Gasteiger partial charge in [-0.25, -0.2) is 4.39 Å². The minimum Gasteiger partial charge on any atom is -0.397 e. The van der Waals surface area contributed by atoms with E-state index < -0.39 is 5.82 Å². The molecular weight excluding hydrogens is 263 g/mol. The van der Waals surface area contributed by atoms with E-state index in [1.54, 1.807) is 6.07 Å². The second-order valence-corrected chi connectivity index (χ2v) is 4.76. The van der Waals surface area contributed by atoms with Crippen LogP contribution in [0.4, 0.5) is 21.5 Å². The van der Waals surface area contributed by atoms with Crippen molar-refractivity contribution >= 4 is 28.7 Å². The Morgan fingerprint density at radius 2 is 1.89 bits per heavy atom. The quantitative estimate of drug-likeness (QED) is 0.836. The number of anilines is 3. The van der Waals surface area contributed by atoms with E-state index in [0.717, 1.165) is 23.5 Å². The molecule has 2 aromatic rings. The van der Waals surface area contributed by atoms with Gasteiger partial charge in [0.2, 0.25) is 0 Å². The van der Waals surface area contributed by atoms with Gasteiger partial charge in [-0.2, -0.15) is 0 Å². The molecule has 2 nitrogen and oxygen atoms in total. The zero-order valence-corrected chi connectivity index (χ0v) is 11.7. The van der Waals surface area contributed by atoms with Crippen LogP contribution in [0.5, 0.6) is 0 Å². The van der Waals surface area contributed by atoms with E-state index >= 15 is 0 Å². The number of hydrogen-bond acceptors (Lipinski definition) is 2. The predicted octanol–water partition coefficient (Wildman–Crippen LogP) is 4.53. The van der Waals surface area contributed by atoms with Crippen LogP contribution in [0.1, 0.15) is 12.5 Å². The normalized spacial score (nSPS) is 10.5. The van der Waals surface area contributed by atoms with Gasteiger partial charge in [0.25, 0.3) is 0 Å². The lowest BCUT2D eigenvalue weighted by Crippen LogP contribution is -2.18. The van der Waals surface area contributed by atoms with Crippen molar-refractivity contribution in [3.05, 3.63) is 52.8 Å². The van der Waals surface area contributed by atoms with E-state index in [9.17, 15) is 4.39 Å². The van der Waals surface area contributed by atoms with E-state index in [1.807, 2.05) is 43.0 Å². The van der Waals surface area contributed by atoms with Crippen LogP contribution >= 0.6 is 11.6 Å². The van der Waals surface area contributed by atoms with Crippen LogP contribution in [0.15, 0.2) is 36.4 Å². The first-order valence-corrected chi connectivity index (χ1v) is 6.50. The summed E-state index contributed by atoms with van der Waals surface area (Å²) in [7, 11) is 0. The molecule has 0 aliphatic heterocycles. The summed E-state index contributed by atoms with van der Waals surface area (Å²) in [4.78, 5) is 2.02. The number of hydrogen-bond donors (Lipinski definition) is 1. The molecule has 0 heterocycles. The van der Waals surface area contributed by atoms with Crippen LogP contribution in [-0.2, 0) is 0 Å². The third-order valence-corrected chi connectivity index (χ3v) is 3.37. The van der Waals surface area contributed by atoms with Crippen LogP contribution in [0, 0.1) is 12.7 Å². The Morgan fingerprint density at radius 1 is 1.21 bits per heavy atom. The van der Waals surface area contributed by atoms with Crippen molar-refractivity contribution in [3.63, 3.8) is 0 Å². The molecule has 0 atom stereocenters. The summed E-state index contributed by atoms with van der Waals surface area (Å²) in [5, 5.41) is 0.0798. The average Bonchev–Trinajstić information content (AvgIpc) is 2.38. The van der Waals surface area contributed by atoms with E-state index in [2.05, 4.69) is 0 Å². The Balaban J connectivity index is 2.55. The minimum atomic E-state index is -0.497. The number of halogens is 2. The summed E-state index contributed by atoms with van der Waals surface area (Å²) in [5.74, 6) is -0.497. The highest BCUT2D eigenvalue weighted by molar-refractivity contribution is 6.31. The maximum atomic E-state index is 13.4. The molecule has 0 radical (unpaired) electrons. The minimum absolute atomic E-state index is 0.0798. The summed E-state index contributed by atoms with van der Waals surface area (Å²) in [6.07, 6.45) is 0. The van der Waals surface area contributed by atoms with E-state index in [1.165, 1.54) is 6.07 Å². The molecule has 0 spiro atoms. The number of nitrogens with zero attached hydrogens (tertiary/aromatic N) is 1. The fourth-order valence-corrected chi connectivity index (χ4v) is 2.28. The summed E-state index contributed by atoms with van der Waals surface area (Å²) >= 11 is 5.86. The topological polar surface area (TPSA) is 29.3 Å². The largest absolute Gasteiger partial charge is 0.397 e. The van der Waals surface area contributed by atoms with Crippen LogP contribution in [0.25, 0.3) is 0 Å². The molecule has 19 heavy (non-hydrogen) atoms. The van der Waals surface area contributed by atoms with Crippen molar-refractivity contribution in [2.45, 2.75) is 13.8 Å². The highest BCUT2D eigenvalue weighted by Gasteiger charge is 2.14. The monoisotopic (exact) mass is 278 g/mol. The van der Waals surface area contributed by atoms with Crippen molar-refractivity contribution in [2.24, 2.45) is 0 Å². The van der Waals surface area contributed by atoms with Gasteiger partial charge in [-0.3, -0.25) is 0 Å². The molecule has 0 fully saturated rings. The smallest absolute Gasteiger partial charge is 0.143 e. The van der Waals surface area contributed by atoms with Crippen LogP contribution in [0.2, 0.25) is 5.02 Å². The SMILES string of the molecule is CCN(c1ccccc1C)c1cc(Cl)c(F)cc1N. The molecule has 0 aromatic heterocycles. The van der Waals surface area contributed by atoms with Gasteiger partial charge in [0.05, 0.1) is 16.4 Å². The Hall–Kier alpha value is -1.74. The standard InChI is InChI=1S/C15H16ClFN2/c1-3-19(14-7-5-4-6-10(14)2)15-8-11(16)12(17)9-13(15)18/h4-9H,3,18H2,1-2H3. The van der Waals surface area contributed by atoms with Gasteiger partial charge in [0, 0.05) is 18.3 Å². The molecular formula is C15H16ClFN2. The molecule has 2 aromatic carbocycles. The number of nitrogen functional groups attached to an aromatic ring is 1. The van der Waals surface area contributed by atoms with Gasteiger partial charge in [0.1, 0.15) is 5.82 Å². The van der Waals surface area contributed by atoms with Gasteiger partial charge >= 0.3 is 0 Å². The third-order valence-electron chi connectivity index (χ3n) is 3.08. The number of para-hydroxylation sites is 1. The van der Waals surface area contributed by atoms with Crippen molar-refractivity contribution < 1.29 is 4.39 Å². The fraction of sp³-hybridized carbons (Fsp3) is 0.200.